The number of nitrogens with zero attached hydrogens (tertiary/aromatic N) is 1. The number of benzene rings is 1. The summed E-state index contributed by atoms with van der Waals surface area (Å²) < 4.78 is 62.1. The molecule has 1 spiro atoms. The lowest BCUT2D eigenvalue weighted by atomic mass is 9.53. The highest BCUT2D eigenvalue weighted by Gasteiger charge is 2.66. The molecule has 0 radical (unpaired) electrons. The minimum Gasteiger partial charge on any atom is -0.481 e. The largest absolute Gasteiger partial charge is 0.481 e. The summed E-state index contributed by atoms with van der Waals surface area (Å²) in [5.74, 6) is -0.723. The Morgan fingerprint density at radius 2 is 2.09 bits per heavy atom. The third-order valence-electron chi connectivity index (χ3n) is 7.64. The number of halogens is 3. The molecule has 180 valence electrons. The molecule has 0 aromatic heterocycles. The van der Waals surface area contributed by atoms with Gasteiger partial charge in [0.15, 0.2) is 24.4 Å². The molecule has 1 unspecified atom stereocenters. The first-order chi connectivity index (χ1) is 15.5. The maximum absolute atomic E-state index is 13.2. The number of aliphatic hydroxyl groups is 1. The van der Waals surface area contributed by atoms with Crippen LogP contribution in [0.1, 0.15) is 24.5 Å². The van der Waals surface area contributed by atoms with Crippen LogP contribution in [0.5, 0.6) is 11.5 Å². The van der Waals surface area contributed by atoms with Crippen molar-refractivity contribution >= 4 is 5.97 Å². The van der Waals surface area contributed by atoms with E-state index in [-0.39, 0.29) is 18.8 Å². The lowest BCUT2D eigenvalue weighted by molar-refractivity contribution is -0.259. The summed E-state index contributed by atoms with van der Waals surface area (Å²) in [4.78, 5) is 14.7. The van der Waals surface area contributed by atoms with Crippen molar-refractivity contribution in [1.29, 1.82) is 0 Å². The molecular weight excluding hydrogens is 443 g/mol. The van der Waals surface area contributed by atoms with Gasteiger partial charge in [0, 0.05) is 30.0 Å². The van der Waals surface area contributed by atoms with Crippen LogP contribution in [-0.2, 0) is 26.1 Å². The Morgan fingerprint density at radius 1 is 1.33 bits per heavy atom. The molecule has 1 aromatic rings. The predicted octanol–water partition coefficient (Wildman–Crippen LogP) is 2.34. The average Bonchev–Trinajstić information content (AvgIpc) is 3.10. The van der Waals surface area contributed by atoms with Crippen LogP contribution in [0.3, 0.4) is 0 Å². The van der Waals surface area contributed by atoms with E-state index >= 15 is 0 Å². The molecule has 2 heterocycles. The van der Waals surface area contributed by atoms with E-state index in [2.05, 4.69) is 11.9 Å². The number of likely N-dealkylation sites (N-methyl/N-ethyl adjacent to an activating group) is 1. The molecule has 7 nitrogen and oxygen atoms in total. The number of hydrogen-bond donors (Lipinski definition) is 1. The number of hydrogen-bond acceptors (Lipinski definition) is 7. The van der Waals surface area contributed by atoms with Gasteiger partial charge in [-0.25, -0.2) is 4.79 Å². The summed E-state index contributed by atoms with van der Waals surface area (Å²) in [7, 11) is 3.56. The van der Waals surface area contributed by atoms with Crippen molar-refractivity contribution in [1.82, 2.24) is 4.90 Å². The molecule has 1 saturated heterocycles. The van der Waals surface area contributed by atoms with Gasteiger partial charge < -0.3 is 29.0 Å². The number of likely N-dealkylation sites (tertiary alicyclic amines) is 1. The van der Waals surface area contributed by atoms with Crippen molar-refractivity contribution in [3.63, 3.8) is 0 Å². The SMILES string of the molecule is COCOc1ccc2c3c1O[C@H]1[C@@H](OC(=O)C(C)(O)C(F)(F)F)C=C[C@H]4[C@@H](C2)N(C)CC[C@@]341. The van der Waals surface area contributed by atoms with Crippen LogP contribution in [0.4, 0.5) is 13.2 Å². The molecule has 5 rings (SSSR count). The Balaban J connectivity index is 1.57. The molecule has 2 aliphatic heterocycles. The van der Waals surface area contributed by atoms with Gasteiger partial charge in [0.25, 0.3) is 5.60 Å². The second-order valence-corrected chi connectivity index (χ2v) is 9.41. The monoisotopic (exact) mass is 469 g/mol. The highest BCUT2D eigenvalue weighted by atomic mass is 19.4. The third kappa shape index (κ3) is 3.03. The standard InChI is InChI=1S/C23H26F3NO6/c1-21(29,23(24,25)26)20(28)32-16-7-5-13-14-10-12-4-6-15(31-11-30-3)18-17(12)22(13,19(16)33-18)8-9-27(14)2/h4-7,13-14,16,19,29H,8-11H2,1-3H3/t13-,14+,16-,19-,21?,22-/m0/s1. The molecule has 1 N–H and O–H groups in total. The Bertz CT molecular complexity index is 1010. The van der Waals surface area contributed by atoms with E-state index in [0.29, 0.717) is 24.8 Å². The van der Waals surface area contributed by atoms with Crippen LogP contribution in [0.25, 0.3) is 0 Å². The molecule has 10 heteroatoms. The molecule has 0 amide bonds. The molecule has 2 bridgehead atoms. The van der Waals surface area contributed by atoms with Gasteiger partial charge in [0.05, 0.1) is 0 Å². The predicted molar refractivity (Wildman–Crippen MR) is 109 cm³/mol. The van der Waals surface area contributed by atoms with Crippen LogP contribution < -0.4 is 9.47 Å². The number of piperidine rings is 1. The molecule has 4 aliphatic rings. The fourth-order valence-electron chi connectivity index (χ4n) is 5.90. The van der Waals surface area contributed by atoms with Crippen LogP contribution in [0, 0.1) is 5.92 Å². The van der Waals surface area contributed by atoms with Crippen LogP contribution in [0.15, 0.2) is 24.3 Å². The zero-order chi connectivity index (χ0) is 23.8. The smallest absolute Gasteiger partial charge is 0.427 e. The summed E-state index contributed by atoms with van der Waals surface area (Å²) in [6, 6.07) is 3.98. The summed E-state index contributed by atoms with van der Waals surface area (Å²) in [5, 5.41) is 9.82. The first kappa shape index (κ1) is 22.5. The van der Waals surface area contributed by atoms with Crippen LogP contribution >= 0.6 is 0 Å². The zero-order valence-corrected chi connectivity index (χ0v) is 18.5. The Hall–Kier alpha value is -2.30. The maximum Gasteiger partial charge on any atom is 0.427 e. The third-order valence-corrected chi connectivity index (χ3v) is 7.64. The van der Waals surface area contributed by atoms with Crippen molar-refractivity contribution in [2.45, 2.75) is 55.2 Å². The Labute approximate surface area is 189 Å². The maximum atomic E-state index is 13.2. The molecule has 2 aliphatic carbocycles. The molecule has 6 atom stereocenters. The number of ether oxygens (including phenoxy) is 4. The highest BCUT2D eigenvalue weighted by molar-refractivity contribution is 5.80. The van der Waals surface area contributed by atoms with Gasteiger partial charge in [0.2, 0.25) is 0 Å². The number of esters is 1. The number of methoxy groups -OCH3 is 1. The van der Waals surface area contributed by atoms with Crippen LogP contribution in [-0.4, -0.2) is 73.5 Å². The number of alkyl halides is 3. The summed E-state index contributed by atoms with van der Waals surface area (Å²) >= 11 is 0. The topological polar surface area (TPSA) is 77.5 Å². The van der Waals surface area contributed by atoms with E-state index in [1.807, 2.05) is 12.1 Å². The Morgan fingerprint density at radius 3 is 2.79 bits per heavy atom. The lowest BCUT2D eigenvalue weighted by Gasteiger charge is -2.56. The number of carbonyl (C=O) groups is 1. The lowest BCUT2D eigenvalue weighted by Crippen LogP contribution is -2.65. The van der Waals surface area contributed by atoms with Crippen molar-refractivity contribution < 1.29 is 42.0 Å². The van der Waals surface area contributed by atoms with Gasteiger partial charge in [-0.05, 0) is 51.1 Å². The van der Waals surface area contributed by atoms with Crippen LogP contribution in [0.2, 0.25) is 0 Å². The first-order valence-electron chi connectivity index (χ1n) is 10.9. The summed E-state index contributed by atoms with van der Waals surface area (Å²) in [6.07, 6.45) is -2.00. The minimum absolute atomic E-state index is 0.00667. The zero-order valence-electron chi connectivity index (χ0n) is 18.5. The van der Waals surface area contributed by atoms with Crippen molar-refractivity contribution in [3.8, 4) is 11.5 Å². The van der Waals surface area contributed by atoms with Gasteiger partial charge in [-0.1, -0.05) is 12.1 Å². The van der Waals surface area contributed by atoms with E-state index in [1.165, 1.54) is 7.11 Å². The first-order valence-corrected chi connectivity index (χ1v) is 10.9. The second kappa shape index (κ2) is 7.35. The minimum atomic E-state index is -5.17. The quantitative estimate of drug-likeness (QED) is 0.403. The average molecular weight is 469 g/mol. The van der Waals surface area contributed by atoms with E-state index in [4.69, 9.17) is 18.9 Å². The summed E-state index contributed by atoms with van der Waals surface area (Å²) in [5.41, 5.74) is -2.13. The van der Waals surface area contributed by atoms with Crippen molar-refractivity contribution in [2.24, 2.45) is 5.92 Å². The molecular formula is C23H26F3NO6. The van der Waals surface area contributed by atoms with Gasteiger partial charge in [-0.2, -0.15) is 13.2 Å². The van der Waals surface area contributed by atoms with Crippen molar-refractivity contribution in [2.75, 3.05) is 27.5 Å². The van der Waals surface area contributed by atoms with E-state index in [9.17, 15) is 23.1 Å². The molecule has 33 heavy (non-hydrogen) atoms. The molecule has 0 saturated carbocycles. The van der Waals surface area contributed by atoms with Crippen molar-refractivity contribution in [3.05, 3.63) is 35.4 Å². The molecule has 1 aromatic carbocycles. The number of rotatable bonds is 5. The van der Waals surface area contributed by atoms with Gasteiger partial charge >= 0.3 is 12.1 Å². The normalized spacial score (nSPS) is 33.7. The highest BCUT2D eigenvalue weighted by Crippen LogP contribution is 2.62. The summed E-state index contributed by atoms with van der Waals surface area (Å²) in [6.45, 7) is 1.17. The number of carbonyl (C=O) groups excluding carboxylic acids is 1. The van der Waals surface area contributed by atoms with Gasteiger partial charge in [0.1, 0.15) is 6.10 Å². The molecule has 1 fully saturated rings. The van der Waals surface area contributed by atoms with E-state index in [1.54, 1.807) is 12.1 Å². The van der Waals surface area contributed by atoms with E-state index < -0.39 is 35.4 Å². The second-order valence-electron chi connectivity index (χ2n) is 9.41. The van der Waals surface area contributed by atoms with Gasteiger partial charge in [-0.15, -0.1) is 0 Å². The fourth-order valence-corrected chi connectivity index (χ4v) is 5.90. The van der Waals surface area contributed by atoms with E-state index in [0.717, 1.165) is 24.1 Å². The van der Waals surface area contributed by atoms with Gasteiger partial charge in [-0.3, -0.25) is 0 Å². The fraction of sp³-hybridized carbons (Fsp3) is 0.609. The Kier molecular flexibility index (Phi) is 5.01.